The van der Waals surface area contributed by atoms with Crippen molar-refractivity contribution >= 4 is 17.5 Å². The molecule has 0 radical (unpaired) electrons. The molecule has 1 fully saturated rings. The lowest BCUT2D eigenvalue weighted by Crippen LogP contribution is -2.53. The van der Waals surface area contributed by atoms with Crippen molar-refractivity contribution < 1.29 is 9.59 Å². The maximum atomic E-state index is 13.6. The van der Waals surface area contributed by atoms with Crippen LogP contribution < -0.4 is 16.8 Å². The zero-order valence-corrected chi connectivity index (χ0v) is 25.7. The van der Waals surface area contributed by atoms with Crippen molar-refractivity contribution in [1.82, 2.24) is 30.4 Å². The van der Waals surface area contributed by atoms with Crippen LogP contribution in [0.4, 0.5) is 0 Å². The maximum absolute atomic E-state index is 13.6. The van der Waals surface area contributed by atoms with Gasteiger partial charge in [-0.2, -0.15) is 10.1 Å². The Morgan fingerprint density at radius 3 is 2.36 bits per heavy atom. The highest BCUT2D eigenvalue weighted by atomic mass is 16.2. The molecule has 1 aliphatic carbocycles. The van der Waals surface area contributed by atoms with Gasteiger partial charge in [0.2, 0.25) is 11.8 Å². The Balaban J connectivity index is 1.58. The van der Waals surface area contributed by atoms with Crippen LogP contribution in [0.2, 0.25) is 0 Å². The van der Waals surface area contributed by atoms with E-state index in [2.05, 4.69) is 47.3 Å². The number of benzene rings is 2. The molecule has 0 saturated carbocycles. The lowest BCUT2D eigenvalue weighted by molar-refractivity contribution is -0.136. The van der Waals surface area contributed by atoms with Gasteiger partial charge >= 0.3 is 0 Å². The number of nitrogens with one attached hydrogen (secondary N) is 1. The molecule has 2 aliphatic rings. The highest BCUT2D eigenvalue weighted by molar-refractivity contribution is 5.93. The Hall–Kier alpha value is -4.56. The number of piperidine rings is 1. The third-order valence-corrected chi connectivity index (χ3v) is 9.21. The average molecular weight is 596 g/mol. The number of tetrazole rings is 1. The van der Waals surface area contributed by atoms with Crippen molar-refractivity contribution in [2.45, 2.75) is 82.3 Å². The minimum atomic E-state index is -0.873. The van der Waals surface area contributed by atoms with Gasteiger partial charge in [0, 0.05) is 23.3 Å². The molecule has 4 unspecified atom stereocenters. The Morgan fingerprint density at radius 2 is 1.80 bits per heavy atom. The molecule has 2 heterocycles. The van der Waals surface area contributed by atoms with E-state index in [9.17, 15) is 14.9 Å². The molecular weight excluding hydrogens is 554 g/mol. The third-order valence-electron chi connectivity index (χ3n) is 9.21. The number of hydrogen-bond donors (Lipinski definition) is 3. The number of primary amides is 1. The molecular formula is C33H41N9O2. The zero-order chi connectivity index (χ0) is 31.6. The van der Waals surface area contributed by atoms with E-state index in [-0.39, 0.29) is 24.5 Å². The Labute approximate surface area is 258 Å². The molecule has 11 nitrogen and oxygen atoms in total. The molecule has 0 spiro atoms. The number of aryl methyl sites for hydroxylation is 3. The number of fused-ring (bicyclic) bond motifs is 2. The van der Waals surface area contributed by atoms with Gasteiger partial charge in [-0.25, -0.2) is 0 Å². The van der Waals surface area contributed by atoms with Gasteiger partial charge in [0.1, 0.15) is 6.04 Å². The van der Waals surface area contributed by atoms with Gasteiger partial charge in [-0.3, -0.25) is 9.59 Å². The topological polar surface area (TPSA) is 169 Å². The van der Waals surface area contributed by atoms with Crippen LogP contribution in [0.3, 0.4) is 0 Å². The van der Waals surface area contributed by atoms with E-state index in [1.54, 1.807) is 18.0 Å². The Kier molecular flexibility index (Phi) is 8.83. The summed E-state index contributed by atoms with van der Waals surface area (Å²) in [6.07, 6.45) is 5.23. The van der Waals surface area contributed by atoms with Crippen LogP contribution in [0.5, 0.6) is 0 Å². The second-order valence-electron chi connectivity index (χ2n) is 12.1. The van der Waals surface area contributed by atoms with Crippen LogP contribution in [0.1, 0.15) is 90.0 Å². The first kappa shape index (κ1) is 30.9. The summed E-state index contributed by atoms with van der Waals surface area (Å²) in [5, 5.41) is 26.8. The van der Waals surface area contributed by atoms with Crippen LogP contribution >= 0.6 is 0 Å². The van der Waals surface area contributed by atoms with E-state index in [1.165, 1.54) is 4.80 Å². The summed E-state index contributed by atoms with van der Waals surface area (Å²) in [5.41, 5.74) is 16.7. The van der Waals surface area contributed by atoms with Gasteiger partial charge in [0.05, 0.1) is 25.1 Å². The third kappa shape index (κ3) is 5.69. The first-order valence-electron chi connectivity index (χ1n) is 15.3. The molecule has 4 atom stereocenters. The normalized spacial score (nSPS) is 21.8. The van der Waals surface area contributed by atoms with Crippen LogP contribution in [-0.2, 0) is 30.1 Å². The fourth-order valence-corrected chi connectivity index (χ4v) is 7.08. The molecule has 2 amide bonds. The van der Waals surface area contributed by atoms with E-state index >= 15 is 0 Å². The number of rotatable bonds is 9. The standard InChI is InChI=1S/C33H41N9O2/c1-5-26-7-6-8-27(18-34)42(26)30(43)19-37-20(2)17-33(32-38-40-41(4)39-32)28-13-11-22(21(3)35)15-23(28)9-10-24-16-25(31(36)44)12-14-29(24)33/h11-16,20,26-27,37H,3,5-10,17,19,35H2,1-2,4H3,(H2,36,44). The molecule has 1 saturated heterocycles. The summed E-state index contributed by atoms with van der Waals surface area (Å²) >= 11 is 0. The maximum Gasteiger partial charge on any atom is 0.248 e. The number of nitrogens with two attached hydrogens (primary N) is 2. The molecule has 5 rings (SSSR count). The first-order chi connectivity index (χ1) is 21.1. The predicted molar refractivity (Wildman–Crippen MR) is 167 cm³/mol. The van der Waals surface area contributed by atoms with Crippen molar-refractivity contribution in [3.8, 4) is 6.07 Å². The van der Waals surface area contributed by atoms with Crippen molar-refractivity contribution in [2.24, 2.45) is 18.5 Å². The van der Waals surface area contributed by atoms with Gasteiger partial charge < -0.3 is 21.7 Å². The summed E-state index contributed by atoms with van der Waals surface area (Å²) in [6, 6.07) is 13.5. The number of likely N-dealkylation sites (tertiary alicyclic amines) is 1. The zero-order valence-electron chi connectivity index (χ0n) is 25.7. The number of nitrogens with zero attached hydrogens (tertiary/aromatic N) is 6. The predicted octanol–water partition coefficient (Wildman–Crippen LogP) is 2.72. The summed E-state index contributed by atoms with van der Waals surface area (Å²) in [5.74, 6) is -0.0468. The minimum Gasteiger partial charge on any atom is -0.399 e. The SMILES string of the molecule is C=C(N)c1ccc2c(c1)CCc1cc(C(N)=O)ccc1C2(CC(C)NCC(=O)N1C(C#N)CCCC1CC)c1nnn(C)n1. The van der Waals surface area contributed by atoms with Gasteiger partial charge in [0.15, 0.2) is 5.82 Å². The van der Waals surface area contributed by atoms with E-state index in [0.717, 1.165) is 47.1 Å². The monoisotopic (exact) mass is 595 g/mol. The lowest BCUT2D eigenvalue weighted by atomic mass is 9.67. The number of hydrogen-bond acceptors (Lipinski definition) is 8. The molecule has 5 N–H and O–H groups in total. The molecule has 3 aromatic rings. The molecule has 1 aromatic heterocycles. The number of amides is 2. The number of carbonyl (C=O) groups excluding carboxylic acids is 2. The second-order valence-corrected chi connectivity index (χ2v) is 12.1. The van der Waals surface area contributed by atoms with Crippen molar-refractivity contribution in [3.05, 3.63) is 82.2 Å². The molecule has 1 aliphatic heterocycles. The van der Waals surface area contributed by atoms with E-state index in [1.807, 2.05) is 25.1 Å². The quantitative estimate of drug-likeness (QED) is 0.339. The Morgan fingerprint density at radius 1 is 1.14 bits per heavy atom. The van der Waals surface area contributed by atoms with Crippen molar-refractivity contribution in [1.29, 1.82) is 5.26 Å². The molecule has 44 heavy (non-hydrogen) atoms. The van der Waals surface area contributed by atoms with E-state index in [4.69, 9.17) is 16.6 Å². The Bertz CT molecular complexity index is 1560. The summed E-state index contributed by atoms with van der Waals surface area (Å²) in [6.45, 7) is 8.15. The smallest absolute Gasteiger partial charge is 0.248 e. The van der Waals surface area contributed by atoms with E-state index < -0.39 is 17.4 Å². The number of nitriles is 1. The summed E-state index contributed by atoms with van der Waals surface area (Å²) in [4.78, 5) is 29.0. The van der Waals surface area contributed by atoms with Gasteiger partial charge in [-0.05, 0) is 103 Å². The van der Waals surface area contributed by atoms with Crippen LogP contribution in [0.25, 0.3) is 5.70 Å². The van der Waals surface area contributed by atoms with E-state index in [0.29, 0.717) is 42.8 Å². The van der Waals surface area contributed by atoms with Gasteiger partial charge in [-0.1, -0.05) is 31.7 Å². The molecule has 0 bridgehead atoms. The molecule has 11 heteroatoms. The van der Waals surface area contributed by atoms with Crippen molar-refractivity contribution in [2.75, 3.05) is 6.54 Å². The number of aromatic nitrogens is 4. The highest BCUT2D eigenvalue weighted by Crippen LogP contribution is 2.47. The fraction of sp³-hybridized carbons (Fsp3) is 0.455. The molecule has 2 aromatic carbocycles. The summed E-state index contributed by atoms with van der Waals surface area (Å²) in [7, 11) is 1.73. The largest absolute Gasteiger partial charge is 0.399 e. The van der Waals surface area contributed by atoms with Gasteiger partial charge in [0.25, 0.3) is 0 Å². The number of carbonyl (C=O) groups is 2. The minimum absolute atomic E-state index is 0.0690. The molecule has 230 valence electrons. The summed E-state index contributed by atoms with van der Waals surface area (Å²) < 4.78 is 0. The van der Waals surface area contributed by atoms with Crippen molar-refractivity contribution in [3.63, 3.8) is 0 Å². The lowest BCUT2D eigenvalue weighted by Gasteiger charge is -2.39. The fourth-order valence-electron chi connectivity index (χ4n) is 7.08. The van der Waals surface area contributed by atoms with Crippen LogP contribution in [0, 0.1) is 11.3 Å². The first-order valence-corrected chi connectivity index (χ1v) is 15.3. The average Bonchev–Trinajstić information content (AvgIpc) is 3.41. The van der Waals surface area contributed by atoms with Crippen LogP contribution in [-0.4, -0.2) is 61.6 Å². The highest BCUT2D eigenvalue weighted by Gasteiger charge is 2.46. The van der Waals surface area contributed by atoms with Gasteiger partial charge in [-0.15, -0.1) is 10.2 Å². The van der Waals surface area contributed by atoms with Crippen LogP contribution in [0.15, 0.2) is 43.0 Å². The second kappa shape index (κ2) is 12.6.